The molecule has 0 fully saturated rings. The topological polar surface area (TPSA) is 82.7 Å². The average molecular weight is 366 g/mol. The molecule has 3 N–H and O–H groups in total. The monoisotopic (exact) mass is 366 g/mol. The zero-order chi connectivity index (χ0) is 19.2. The minimum Gasteiger partial charge on any atom is -0.461 e. The summed E-state index contributed by atoms with van der Waals surface area (Å²) >= 11 is 0. The zero-order valence-electron chi connectivity index (χ0n) is 15.3. The molecule has 27 heavy (non-hydrogen) atoms. The summed E-state index contributed by atoms with van der Waals surface area (Å²) in [6.45, 7) is 4.30. The molecule has 2 aromatic carbocycles. The van der Waals surface area contributed by atoms with Gasteiger partial charge >= 0.3 is 5.97 Å². The number of benzene rings is 2. The molecule has 0 spiro atoms. The molecule has 1 aliphatic heterocycles. The van der Waals surface area contributed by atoms with Gasteiger partial charge in [-0.15, -0.1) is 5.53 Å². The van der Waals surface area contributed by atoms with E-state index in [0.29, 0.717) is 12.2 Å². The molecule has 0 saturated carbocycles. The van der Waals surface area contributed by atoms with Gasteiger partial charge in [0.1, 0.15) is 0 Å². The maximum absolute atomic E-state index is 12.9. The van der Waals surface area contributed by atoms with Crippen LogP contribution in [0.3, 0.4) is 0 Å². The Morgan fingerprint density at radius 2 is 1.78 bits per heavy atom. The van der Waals surface area contributed by atoms with E-state index >= 15 is 0 Å². The summed E-state index contributed by atoms with van der Waals surface area (Å²) in [5, 5.41) is 4.42. The number of anilines is 1. The minimum atomic E-state index is -0.588. The third-order valence-corrected chi connectivity index (χ3v) is 4.01. The van der Waals surface area contributed by atoms with Crippen molar-refractivity contribution < 1.29 is 14.3 Å². The third kappa shape index (κ3) is 4.45. The summed E-state index contributed by atoms with van der Waals surface area (Å²) in [5.74, 6) is -0.995. The van der Waals surface area contributed by atoms with Crippen LogP contribution in [0, 0.1) is 6.92 Å². The highest BCUT2D eigenvalue weighted by atomic mass is 16.5. The van der Waals surface area contributed by atoms with Gasteiger partial charge in [-0.1, -0.05) is 48.0 Å². The van der Waals surface area contributed by atoms with Gasteiger partial charge in [-0.05, 0) is 31.5 Å². The summed E-state index contributed by atoms with van der Waals surface area (Å²) in [6, 6.07) is 17.1. The number of rotatable bonds is 6. The molecule has 0 saturated heterocycles. The van der Waals surface area contributed by atoms with Gasteiger partial charge in [0.05, 0.1) is 13.2 Å². The normalized spacial score (nSPS) is 13.3. The number of carbonyl (C=O) groups excluding carboxylic acids is 2. The van der Waals surface area contributed by atoms with Crippen LogP contribution in [-0.2, 0) is 20.9 Å². The van der Waals surface area contributed by atoms with E-state index in [0.717, 1.165) is 11.1 Å². The Morgan fingerprint density at radius 3 is 2.44 bits per heavy atom. The molecule has 7 nitrogen and oxygen atoms in total. The van der Waals surface area contributed by atoms with Crippen LogP contribution in [0.25, 0.3) is 0 Å². The number of hydrazine groups is 2. The first-order chi connectivity index (χ1) is 13.1. The highest BCUT2D eigenvalue weighted by Crippen LogP contribution is 2.19. The van der Waals surface area contributed by atoms with Crippen molar-refractivity contribution in [1.29, 1.82) is 0 Å². The van der Waals surface area contributed by atoms with Crippen LogP contribution in [0.1, 0.15) is 18.1 Å². The fourth-order valence-electron chi connectivity index (χ4n) is 2.67. The van der Waals surface area contributed by atoms with Crippen LogP contribution in [0.4, 0.5) is 5.69 Å². The summed E-state index contributed by atoms with van der Waals surface area (Å²) in [4.78, 5) is 25.2. The van der Waals surface area contributed by atoms with Gasteiger partial charge < -0.3 is 10.1 Å². The zero-order valence-corrected chi connectivity index (χ0v) is 15.3. The SMILES string of the molecule is CCOC(=O)C1=C(C(=O)Nc2ccc(C)cc2)N(Cc2ccccc2)NN1. The molecular formula is C20H22N4O3. The van der Waals surface area contributed by atoms with Gasteiger partial charge in [0, 0.05) is 5.69 Å². The number of carbonyl (C=O) groups is 2. The lowest BCUT2D eigenvalue weighted by Crippen LogP contribution is -2.39. The molecule has 0 unspecified atom stereocenters. The van der Waals surface area contributed by atoms with Crippen molar-refractivity contribution in [3.63, 3.8) is 0 Å². The van der Waals surface area contributed by atoms with Crippen LogP contribution in [0.15, 0.2) is 66.0 Å². The van der Waals surface area contributed by atoms with E-state index in [1.807, 2.05) is 61.5 Å². The van der Waals surface area contributed by atoms with E-state index in [9.17, 15) is 9.59 Å². The van der Waals surface area contributed by atoms with Gasteiger partial charge in [-0.3, -0.25) is 15.2 Å². The third-order valence-electron chi connectivity index (χ3n) is 4.01. The number of hydrogen-bond acceptors (Lipinski definition) is 6. The summed E-state index contributed by atoms with van der Waals surface area (Å²) in [5.41, 5.74) is 8.61. The Labute approximate surface area is 157 Å². The number of nitrogens with one attached hydrogen (secondary N) is 3. The molecule has 0 aromatic heterocycles. The maximum atomic E-state index is 12.9. The lowest BCUT2D eigenvalue weighted by Gasteiger charge is -2.20. The minimum absolute atomic E-state index is 0.0809. The van der Waals surface area contributed by atoms with E-state index in [1.165, 1.54) is 0 Å². The number of aryl methyl sites for hydroxylation is 1. The largest absolute Gasteiger partial charge is 0.461 e. The van der Waals surface area contributed by atoms with Crippen LogP contribution in [-0.4, -0.2) is 23.5 Å². The van der Waals surface area contributed by atoms with Gasteiger partial charge in [0.25, 0.3) is 5.91 Å². The Bertz CT molecular complexity index is 847. The second-order valence-corrected chi connectivity index (χ2v) is 6.07. The Morgan fingerprint density at radius 1 is 1.07 bits per heavy atom. The first-order valence-corrected chi connectivity index (χ1v) is 8.71. The number of hydrogen-bond donors (Lipinski definition) is 3. The summed E-state index contributed by atoms with van der Waals surface area (Å²) in [7, 11) is 0. The standard InChI is InChI=1S/C20H22N4O3/c1-3-27-20(26)17-18(19(25)21-16-11-9-14(2)10-12-16)24(23-22-17)13-15-7-5-4-6-8-15/h4-12,22-23H,3,13H2,1-2H3,(H,21,25). The first-order valence-electron chi connectivity index (χ1n) is 8.71. The molecule has 0 bridgehead atoms. The van der Waals surface area contributed by atoms with Crippen molar-refractivity contribution in [3.8, 4) is 0 Å². The van der Waals surface area contributed by atoms with E-state index in [1.54, 1.807) is 11.9 Å². The van der Waals surface area contributed by atoms with Crippen LogP contribution in [0.2, 0.25) is 0 Å². The first kappa shape index (κ1) is 18.5. The molecule has 7 heteroatoms. The Balaban J connectivity index is 1.86. The molecule has 1 heterocycles. The van der Waals surface area contributed by atoms with Crippen molar-refractivity contribution in [2.24, 2.45) is 0 Å². The fourth-order valence-corrected chi connectivity index (χ4v) is 2.67. The van der Waals surface area contributed by atoms with Crippen LogP contribution < -0.4 is 16.3 Å². The number of nitrogens with zero attached hydrogens (tertiary/aromatic N) is 1. The highest BCUT2D eigenvalue weighted by Gasteiger charge is 2.33. The average Bonchev–Trinajstić information content (AvgIpc) is 3.08. The number of esters is 1. The predicted molar refractivity (Wildman–Crippen MR) is 102 cm³/mol. The maximum Gasteiger partial charge on any atom is 0.358 e. The van der Waals surface area contributed by atoms with E-state index in [-0.39, 0.29) is 18.0 Å². The Hall–Kier alpha value is -3.32. The quantitative estimate of drug-likeness (QED) is 0.680. The highest BCUT2D eigenvalue weighted by molar-refractivity contribution is 6.08. The number of amides is 1. The van der Waals surface area contributed by atoms with Crippen LogP contribution in [0.5, 0.6) is 0 Å². The molecular weight excluding hydrogens is 344 g/mol. The van der Waals surface area contributed by atoms with Crippen molar-refractivity contribution in [2.75, 3.05) is 11.9 Å². The second-order valence-electron chi connectivity index (χ2n) is 6.07. The van der Waals surface area contributed by atoms with Gasteiger partial charge in [0.15, 0.2) is 11.4 Å². The molecule has 0 aliphatic carbocycles. The van der Waals surface area contributed by atoms with Crippen molar-refractivity contribution in [2.45, 2.75) is 20.4 Å². The molecule has 1 amide bonds. The molecule has 2 aromatic rings. The van der Waals surface area contributed by atoms with Crippen molar-refractivity contribution in [3.05, 3.63) is 77.1 Å². The van der Waals surface area contributed by atoms with Gasteiger partial charge in [0.2, 0.25) is 0 Å². The molecule has 140 valence electrons. The lowest BCUT2D eigenvalue weighted by molar-refractivity contribution is -0.139. The molecule has 0 radical (unpaired) electrons. The summed E-state index contributed by atoms with van der Waals surface area (Å²) in [6.07, 6.45) is 0. The summed E-state index contributed by atoms with van der Waals surface area (Å²) < 4.78 is 5.06. The van der Waals surface area contributed by atoms with Crippen LogP contribution >= 0.6 is 0 Å². The van der Waals surface area contributed by atoms with Gasteiger partial charge in [-0.2, -0.15) is 0 Å². The van der Waals surface area contributed by atoms with E-state index in [2.05, 4.69) is 16.3 Å². The second kappa shape index (κ2) is 8.37. The Kier molecular flexibility index (Phi) is 5.73. The van der Waals surface area contributed by atoms with E-state index < -0.39 is 11.9 Å². The van der Waals surface area contributed by atoms with Gasteiger partial charge in [-0.25, -0.2) is 4.79 Å². The van der Waals surface area contributed by atoms with Crippen molar-refractivity contribution >= 4 is 17.6 Å². The molecule has 0 atom stereocenters. The van der Waals surface area contributed by atoms with Crippen molar-refractivity contribution in [1.82, 2.24) is 16.0 Å². The van der Waals surface area contributed by atoms with E-state index in [4.69, 9.17) is 4.74 Å². The lowest BCUT2D eigenvalue weighted by atomic mass is 10.2. The smallest absolute Gasteiger partial charge is 0.358 e. The molecule has 3 rings (SSSR count). The molecule has 1 aliphatic rings. The number of ether oxygens (including phenoxy) is 1. The predicted octanol–water partition coefficient (Wildman–Crippen LogP) is 2.23. The fraction of sp³-hybridized carbons (Fsp3) is 0.200.